The van der Waals surface area contributed by atoms with Crippen molar-refractivity contribution < 1.29 is 0 Å². The summed E-state index contributed by atoms with van der Waals surface area (Å²) < 4.78 is 2.68. The monoisotopic (exact) mass is 505 g/mol. The highest BCUT2D eigenvalue weighted by molar-refractivity contribution is 7.22. The lowest BCUT2D eigenvalue weighted by molar-refractivity contribution is 1.21. The standard InChI is InChI=1S/C35H23NOS/c1-3-11-22(4-2)26-19-28-27-18-25(23-12-7-5-8-13-23)16-17-31(27)36-33(28)29(20-26)30-21-32(38-34(30)35(36)37)24-14-9-6-10-15-24/h3-21H,1-2H2/b22-11+. The van der Waals surface area contributed by atoms with Gasteiger partial charge in [-0.3, -0.25) is 9.20 Å². The van der Waals surface area contributed by atoms with Gasteiger partial charge in [0.15, 0.2) is 0 Å². The van der Waals surface area contributed by atoms with Gasteiger partial charge in [-0.15, -0.1) is 11.3 Å². The van der Waals surface area contributed by atoms with Crippen LogP contribution in [0.2, 0.25) is 0 Å². The van der Waals surface area contributed by atoms with E-state index in [9.17, 15) is 4.79 Å². The van der Waals surface area contributed by atoms with E-state index in [1.54, 1.807) is 17.4 Å². The first-order valence-electron chi connectivity index (χ1n) is 12.6. The Morgan fingerprint density at radius 1 is 0.711 bits per heavy atom. The van der Waals surface area contributed by atoms with E-state index in [0.29, 0.717) is 0 Å². The van der Waals surface area contributed by atoms with Gasteiger partial charge >= 0.3 is 0 Å². The summed E-state index contributed by atoms with van der Waals surface area (Å²) in [6, 6.07) is 33.6. The van der Waals surface area contributed by atoms with E-state index in [0.717, 1.165) is 70.0 Å². The summed E-state index contributed by atoms with van der Waals surface area (Å²) in [4.78, 5) is 15.2. The number of fused-ring (bicyclic) bond motifs is 5. The molecule has 0 saturated heterocycles. The normalized spacial score (nSPS) is 12.2. The summed E-state index contributed by atoms with van der Waals surface area (Å²) in [7, 11) is 0. The zero-order valence-corrected chi connectivity index (χ0v) is 21.5. The fraction of sp³-hybridized carbons (Fsp3) is 0. The topological polar surface area (TPSA) is 21.5 Å². The number of rotatable bonds is 5. The Labute approximate surface area is 224 Å². The number of aromatic nitrogens is 1. The molecular weight excluding hydrogens is 482 g/mol. The van der Waals surface area contributed by atoms with Crippen molar-refractivity contribution in [2.75, 3.05) is 0 Å². The van der Waals surface area contributed by atoms with Crippen LogP contribution in [0.5, 0.6) is 0 Å². The van der Waals surface area contributed by atoms with Gasteiger partial charge < -0.3 is 0 Å². The molecule has 3 aromatic heterocycles. The van der Waals surface area contributed by atoms with Gasteiger partial charge in [-0.1, -0.05) is 98.1 Å². The lowest BCUT2D eigenvalue weighted by Crippen LogP contribution is -2.11. The first-order chi connectivity index (χ1) is 18.7. The van der Waals surface area contributed by atoms with Crippen molar-refractivity contribution in [1.82, 2.24) is 4.40 Å². The second-order valence-electron chi connectivity index (χ2n) is 9.44. The van der Waals surface area contributed by atoms with Crippen molar-refractivity contribution in [2.45, 2.75) is 0 Å². The highest BCUT2D eigenvalue weighted by atomic mass is 32.1. The van der Waals surface area contributed by atoms with Crippen LogP contribution in [0.1, 0.15) is 5.56 Å². The highest BCUT2D eigenvalue weighted by Crippen LogP contribution is 2.41. The van der Waals surface area contributed by atoms with Crippen molar-refractivity contribution in [3.8, 4) is 21.6 Å². The van der Waals surface area contributed by atoms with E-state index in [1.807, 2.05) is 40.8 Å². The SMILES string of the molecule is C=C/C=C(\C=C)c1cc2c3cc(-c4ccccc4)sc3c(=O)n3c4ccc(-c5ccccc5)cc4c(c1)c23. The first kappa shape index (κ1) is 22.5. The van der Waals surface area contributed by atoms with Crippen LogP contribution < -0.4 is 5.56 Å². The van der Waals surface area contributed by atoms with Crippen LogP contribution in [0.25, 0.3) is 64.4 Å². The smallest absolute Gasteiger partial charge is 0.273 e. The maximum atomic E-state index is 14.1. The fourth-order valence-electron chi connectivity index (χ4n) is 5.55. The Kier molecular flexibility index (Phi) is 5.14. The van der Waals surface area contributed by atoms with Crippen molar-refractivity contribution in [3.05, 3.63) is 144 Å². The number of allylic oxidation sites excluding steroid dienone is 4. The minimum absolute atomic E-state index is 0.0328. The number of hydrogen-bond acceptors (Lipinski definition) is 2. The van der Waals surface area contributed by atoms with E-state index < -0.39 is 0 Å². The van der Waals surface area contributed by atoms with Crippen molar-refractivity contribution in [2.24, 2.45) is 0 Å². The third-order valence-corrected chi connectivity index (χ3v) is 8.47. The summed E-state index contributed by atoms with van der Waals surface area (Å²) in [6.45, 7) is 7.95. The molecule has 0 bridgehead atoms. The van der Waals surface area contributed by atoms with Crippen LogP contribution in [-0.2, 0) is 0 Å². The van der Waals surface area contributed by atoms with Gasteiger partial charge in [0.25, 0.3) is 5.56 Å². The molecular formula is C35H23NOS. The van der Waals surface area contributed by atoms with Crippen LogP contribution in [0.15, 0.2) is 133 Å². The molecule has 0 amide bonds. The van der Waals surface area contributed by atoms with Gasteiger partial charge in [-0.25, -0.2) is 0 Å². The molecule has 7 rings (SSSR count). The maximum Gasteiger partial charge on any atom is 0.273 e. The lowest BCUT2D eigenvalue weighted by atomic mass is 9.97. The zero-order chi connectivity index (χ0) is 25.8. The summed E-state index contributed by atoms with van der Waals surface area (Å²) in [5.41, 5.74) is 7.37. The Morgan fingerprint density at radius 2 is 1.39 bits per heavy atom. The summed E-state index contributed by atoms with van der Waals surface area (Å²) in [6.07, 6.45) is 5.63. The largest absolute Gasteiger partial charge is 0.274 e. The number of pyridine rings is 1. The van der Waals surface area contributed by atoms with Gasteiger partial charge in [0.1, 0.15) is 4.70 Å². The Balaban J connectivity index is 1.65. The second-order valence-corrected chi connectivity index (χ2v) is 10.5. The quantitative estimate of drug-likeness (QED) is 0.214. The molecule has 0 spiro atoms. The third-order valence-electron chi connectivity index (χ3n) is 7.30. The predicted molar refractivity (Wildman–Crippen MR) is 164 cm³/mol. The van der Waals surface area contributed by atoms with Crippen molar-refractivity contribution in [1.29, 1.82) is 0 Å². The van der Waals surface area contributed by atoms with Crippen LogP contribution in [-0.4, -0.2) is 4.40 Å². The van der Waals surface area contributed by atoms with E-state index in [1.165, 1.54) is 0 Å². The van der Waals surface area contributed by atoms with Crippen LogP contribution in [0.3, 0.4) is 0 Å². The highest BCUT2D eigenvalue weighted by Gasteiger charge is 2.21. The van der Waals surface area contributed by atoms with E-state index in [4.69, 9.17) is 0 Å². The molecule has 38 heavy (non-hydrogen) atoms. The molecule has 0 fully saturated rings. The molecule has 7 aromatic rings. The number of hydrogen-bond donors (Lipinski definition) is 0. The van der Waals surface area contributed by atoms with Crippen molar-refractivity contribution in [3.63, 3.8) is 0 Å². The minimum atomic E-state index is 0.0328. The van der Waals surface area contributed by atoms with Gasteiger partial charge in [0.2, 0.25) is 0 Å². The average molecular weight is 506 g/mol. The van der Waals surface area contributed by atoms with E-state index in [-0.39, 0.29) is 5.56 Å². The molecule has 0 atom stereocenters. The lowest BCUT2D eigenvalue weighted by Gasteiger charge is -2.08. The van der Waals surface area contributed by atoms with Gasteiger partial charge in [-0.2, -0.15) is 0 Å². The molecule has 3 heterocycles. The Hall–Kier alpha value is -4.73. The Bertz CT molecular complexity index is 2110. The van der Waals surface area contributed by atoms with E-state index in [2.05, 4.69) is 86.0 Å². The average Bonchev–Trinajstić information content (AvgIpc) is 3.56. The second kappa shape index (κ2) is 8.69. The van der Waals surface area contributed by atoms with Gasteiger partial charge in [-0.05, 0) is 58.2 Å². The third kappa shape index (κ3) is 3.29. The molecule has 0 aliphatic carbocycles. The van der Waals surface area contributed by atoms with Crippen LogP contribution >= 0.6 is 11.3 Å². The predicted octanol–water partition coefficient (Wildman–Crippen LogP) is 9.35. The van der Waals surface area contributed by atoms with Gasteiger partial charge in [0, 0.05) is 26.4 Å². The minimum Gasteiger partial charge on any atom is -0.274 e. The fourth-order valence-corrected chi connectivity index (χ4v) is 6.65. The molecule has 0 aliphatic rings. The first-order valence-corrected chi connectivity index (χ1v) is 13.4. The summed E-state index contributed by atoms with van der Waals surface area (Å²) in [5, 5.41) is 4.19. The molecule has 2 nitrogen and oxygen atoms in total. The zero-order valence-electron chi connectivity index (χ0n) is 20.6. The molecule has 0 N–H and O–H groups in total. The molecule has 0 unspecified atom stereocenters. The number of thiophene rings is 1. The van der Waals surface area contributed by atoms with Crippen LogP contribution in [0.4, 0.5) is 0 Å². The summed E-state index contributed by atoms with van der Waals surface area (Å²) >= 11 is 1.57. The molecule has 0 saturated carbocycles. The van der Waals surface area contributed by atoms with E-state index >= 15 is 0 Å². The Morgan fingerprint density at radius 3 is 2.08 bits per heavy atom. The maximum absolute atomic E-state index is 14.1. The molecule has 0 aliphatic heterocycles. The molecule has 180 valence electrons. The van der Waals surface area contributed by atoms with Crippen molar-refractivity contribution >= 4 is 54.2 Å². The van der Waals surface area contributed by atoms with Gasteiger partial charge in [0.05, 0.1) is 11.0 Å². The number of benzene rings is 4. The molecule has 3 heteroatoms. The number of nitrogens with zero attached hydrogens (tertiary/aromatic N) is 1. The summed E-state index contributed by atoms with van der Waals surface area (Å²) in [5.74, 6) is 0. The van der Waals surface area contributed by atoms with Crippen LogP contribution in [0, 0.1) is 0 Å². The molecule has 0 radical (unpaired) electrons. The molecule has 4 aromatic carbocycles.